The zero-order valence-electron chi connectivity index (χ0n) is 11.4. The predicted octanol–water partition coefficient (Wildman–Crippen LogP) is 2.99. The molecule has 0 aliphatic rings. The van der Waals surface area contributed by atoms with Crippen LogP contribution >= 0.6 is 0 Å². The minimum absolute atomic E-state index is 0.0222. The third-order valence-corrected chi connectivity index (χ3v) is 2.72. The summed E-state index contributed by atoms with van der Waals surface area (Å²) in [7, 11) is 1.41. The van der Waals surface area contributed by atoms with E-state index in [0.717, 1.165) is 0 Å². The van der Waals surface area contributed by atoms with Gasteiger partial charge in [0, 0.05) is 17.8 Å². The smallest absolute Gasteiger partial charge is 0.315 e. The number of Topliss-reactive ketones (excluding diaryl/α,β-unsaturated/α-hetero) is 1. The summed E-state index contributed by atoms with van der Waals surface area (Å²) in [5, 5.41) is 11.1. The van der Waals surface area contributed by atoms with Crippen molar-refractivity contribution < 1.29 is 19.2 Å². The first kappa shape index (κ1) is 14.4. The number of hydrogen-bond donors (Lipinski definition) is 0. The first-order chi connectivity index (χ1) is 10.0. The van der Waals surface area contributed by atoms with Gasteiger partial charge in [0.2, 0.25) is 11.6 Å². The molecule has 1 aromatic carbocycles. The fraction of sp³-hybridized carbons (Fsp3) is 0.143. The summed E-state index contributed by atoms with van der Waals surface area (Å²) in [4.78, 5) is 25.7. The molecule has 0 aliphatic carbocycles. The third kappa shape index (κ3) is 3.33. The fourth-order valence-electron chi connectivity index (χ4n) is 1.65. The minimum Gasteiger partial charge on any atom is -0.496 e. The molecule has 2 rings (SSSR count). The molecular weight excluding hydrogens is 276 g/mol. The number of aromatic nitrogens is 1. The minimum atomic E-state index is -0.577. The summed E-state index contributed by atoms with van der Waals surface area (Å²) in [6, 6.07) is 7.17. The summed E-state index contributed by atoms with van der Waals surface area (Å²) < 4.78 is 10.3. The predicted molar refractivity (Wildman–Crippen MR) is 74.0 cm³/mol. The Morgan fingerprint density at radius 3 is 2.67 bits per heavy atom. The van der Waals surface area contributed by atoms with Crippen molar-refractivity contribution in [2.75, 3.05) is 7.11 Å². The Hall–Kier alpha value is -2.96. The Bertz CT molecular complexity index is 700. The zero-order chi connectivity index (χ0) is 15.4. The van der Waals surface area contributed by atoms with Gasteiger partial charge < -0.3 is 9.47 Å². The van der Waals surface area contributed by atoms with E-state index >= 15 is 0 Å². The molecule has 0 unspecified atom stereocenters. The molecule has 1 heterocycles. The lowest BCUT2D eigenvalue weighted by molar-refractivity contribution is -0.385. The highest BCUT2D eigenvalue weighted by atomic mass is 16.6. The third-order valence-electron chi connectivity index (χ3n) is 2.72. The van der Waals surface area contributed by atoms with Crippen molar-refractivity contribution in [1.29, 1.82) is 0 Å². The number of ketones is 1. The van der Waals surface area contributed by atoms with Crippen molar-refractivity contribution in [1.82, 2.24) is 4.98 Å². The Morgan fingerprint density at radius 1 is 1.29 bits per heavy atom. The van der Waals surface area contributed by atoms with Crippen LogP contribution in [0.15, 0.2) is 36.5 Å². The number of pyridine rings is 1. The number of hydrogen-bond acceptors (Lipinski definition) is 6. The number of rotatable bonds is 5. The van der Waals surface area contributed by atoms with Crippen LogP contribution in [0.2, 0.25) is 0 Å². The second-order valence-corrected chi connectivity index (χ2v) is 4.13. The van der Waals surface area contributed by atoms with Crippen LogP contribution in [-0.2, 0) is 0 Å². The molecule has 0 radical (unpaired) electrons. The van der Waals surface area contributed by atoms with Crippen LogP contribution in [0.3, 0.4) is 0 Å². The van der Waals surface area contributed by atoms with Gasteiger partial charge in [-0.15, -0.1) is 0 Å². The zero-order valence-corrected chi connectivity index (χ0v) is 11.4. The molecule has 0 saturated carbocycles. The highest BCUT2D eigenvalue weighted by Gasteiger charge is 2.18. The van der Waals surface area contributed by atoms with Crippen molar-refractivity contribution in [3.63, 3.8) is 0 Å². The van der Waals surface area contributed by atoms with Gasteiger partial charge in [-0.25, -0.2) is 4.98 Å². The lowest BCUT2D eigenvalue weighted by atomic mass is 10.2. The van der Waals surface area contributed by atoms with Crippen LogP contribution in [0.1, 0.15) is 17.3 Å². The molecule has 7 nitrogen and oxygen atoms in total. The van der Waals surface area contributed by atoms with Crippen molar-refractivity contribution in [2.24, 2.45) is 0 Å². The van der Waals surface area contributed by atoms with E-state index in [4.69, 9.17) is 9.47 Å². The van der Waals surface area contributed by atoms with Crippen molar-refractivity contribution in [2.45, 2.75) is 6.92 Å². The summed E-state index contributed by atoms with van der Waals surface area (Å²) >= 11 is 0. The fourth-order valence-corrected chi connectivity index (χ4v) is 1.65. The van der Waals surface area contributed by atoms with Crippen LogP contribution in [0.25, 0.3) is 0 Å². The van der Waals surface area contributed by atoms with E-state index in [2.05, 4.69) is 4.98 Å². The number of carbonyl (C=O) groups is 1. The molecule has 0 bridgehead atoms. The largest absolute Gasteiger partial charge is 0.496 e. The number of ether oxygens (including phenoxy) is 2. The Kier molecular flexibility index (Phi) is 4.13. The molecule has 21 heavy (non-hydrogen) atoms. The number of methoxy groups -OCH3 is 1. The van der Waals surface area contributed by atoms with Gasteiger partial charge in [-0.2, -0.15) is 0 Å². The van der Waals surface area contributed by atoms with Gasteiger partial charge in [0.05, 0.1) is 18.1 Å². The molecule has 0 atom stereocenters. The van der Waals surface area contributed by atoms with Crippen LogP contribution in [-0.4, -0.2) is 22.8 Å². The van der Waals surface area contributed by atoms with Crippen LogP contribution in [0.5, 0.6) is 17.4 Å². The van der Waals surface area contributed by atoms with Crippen molar-refractivity contribution >= 4 is 11.5 Å². The van der Waals surface area contributed by atoms with E-state index in [-0.39, 0.29) is 23.1 Å². The molecule has 108 valence electrons. The Balaban J connectivity index is 2.37. The molecule has 0 spiro atoms. The van der Waals surface area contributed by atoms with Gasteiger partial charge in [-0.05, 0) is 25.1 Å². The number of carbonyl (C=O) groups excluding carboxylic acids is 1. The molecule has 0 fully saturated rings. The van der Waals surface area contributed by atoms with E-state index in [0.29, 0.717) is 11.3 Å². The second kappa shape index (κ2) is 6.00. The molecular formula is C14H12N2O5. The molecule has 2 aromatic rings. The number of nitro groups is 1. The van der Waals surface area contributed by atoms with E-state index in [1.807, 2.05) is 0 Å². The van der Waals surface area contributed by atoms with Crippen molar-refractivity contribution in [3.05, 3.63) is 52.2 Å². The van der Waals surface area contributed by atoms with E-state index in [9.17, 15) is 14.9 Å². The molecule has 0 saturated heterocycles. The standard InChI is InChI=1S/C14H12N2O5/c1-9(17)10-5-6-15-14(7-10)21-13-4-3-11(20-2)8-12(13)16(18)19/h3-8H,1-2H3. The SMILES string of the molecule is COc1ccc(Oc2cc(C(C)=O)ccn2)c([N+](=O)[O-])c1. The van der Waals surface area contributed by atoms with Crippen LogP contribution < -0.4 is 9.47 Å². The summed E-state index contributed by atoms with van der Waals surface area (Å²) in [6.45, 7) is 1.41. The second-order valence-electron chi connectivity index (χ2n) is 4.13. The summed E-state index contributed by atoms with van der Waals surface area (Å²) in [6.07, 6.45) is 1.40. The molecule has 0 N–H and O–H groups in total. The molecule has 1 aromatic heterocycles. The first-order valence-corrected chi connectivity index (χ1v) is 5.98. The van der Waals surface area contributed by atoms with Crippen LogP contribution in [0.4, 0.5) is 5.69 Å². The number of benzene rings is 1. The first-order valence-electron chi connectivity index (χ1n) is 5.98. The topological polar surface area (TPSA) is 91.6 Å². The van der Waals surface area contributed by atoms with Gasteiger partial charge in [0.25, 0.3) is 0 Å². The summed E-state index contributed by atoms with van der Waals surface area (Å²) in [5.41, 5.74) is 0.167. The highest BCUT2D eigenvalue weighted by Crippen LogP contribution is 2.33. The Morgan fingerprint density at radius 2 is 2.05 bits per heavy atom. The maximum Gasteiger partial charge on any atom is 0.315 e. The van der Waals surface area contributed by atoms with Crippen LogP contribution in [0, 0.1) is 10.1 Å². The van der Waals surface area contributed by atoms with Gasteiger partial charge in [-0.1, -0.05) is 0 Å². The quantitative estimate of drug-likeness (QED) is 0.477. The van der Waals surface area contributed by atoms with E-state index in [1.54, 1.807) is 0 Å². The summed E-state index contributed by atoms with van der Waals surface area (Å²) in [5.74, 6) is 0.330. The van der Waals surface area contributed by atoms with E-state index in [1.165, 1.54) is 50.6 Å². The lowest BCUT2D eigenvalue weighted by Gasteiger charge is -2.07. The Labute approximate surface area is 120 Å². The maximum atomic E-state index is 11.3. The number of nitro benzene ring substituents is 1. The van der Waals surface area contributed by atoms with E-state index < -0.39 is 4.92 Å². The monoisotopic (exact) mass is 288 g/mol. The van der Waals surface area contributed by atoms with Gasteiger partial charge in [-0.3, -0.25) is 14.9 Å². The van der Waals surface area contributed by atoms with Crippen molar-refractivity contribution in [3.8, 4) is 17.4 Å². The molecule has 0 aliphatic heterocycles. The molecule has 0 amide bonds. The van der Waals surface area contributed by atoms with Gasteiger partial charge in [0.15, 0.2) is 5.78 Å². The number of nitrogens with zero attached hydrogens (tertiary/aromatic N) is 2. The highest BCUT2D eigenvalue weighted by molar-refractivity contribution is 5.94. The average Bonchev–Trinajstić information content (AvgIpc) is 2.47. The van der Waals surface area contributed by atoms with Gasteiger partial charge >= 0.3 is 5.69 Å². The average molecular weight is 288 g/mol. The lowest BCUT2D eigenvalue weighted by Crippen LogP contribution is -1.97. The molecule has 7 heteroatoms. The van der Waals surface area contributed by atoms with Gasteiger partial charge in [0.1, 0.15) is 5.75 Å². The normalized spacial score (nSPS) is 10.0. The maximum absolute atomic E-state index is 11.3.